The molecule has 176 valence electrons. The zero-order valence-corrected chi connectivity index (χ0v) is 18.6. The molecule has 1 N–H and O–H groups in total. The van der Waals surface area contributed by atoms with E-state index < -0.39 is 0 Å². The van der Waals surface area contributed by atoms with Crippen molar-refractivity contribution in [3.63, 3.8) is 0 Å². The van der Waals surface area contributed by atoms with Crippen LogP contribution < -0.4 is 4.74 Å². The highest BCUT2D eigenvalue weighted by Gasteiger charge is 2.40. The first kappa shape index (κ1) is 24.0. The topological polar surface area (TPSA) is 99.6 Å². The van der Waals surface area contributed by atoms with Gasteiger partial charge in [0.05, 0.1) is 25.7 Å². The van der Waals surface area contributed by atoms with Crippen LogP contribution in [0, 0.1) is 11.8 Å². The highest BCUT2D eigenvalue weighted by Crippen LogP contribution is 2.31. The fourth-order valence-corrected chi connectivity index (χ4v) is 4.27. The number of benzene rings is 1. The lowest BCUT2D eigenvalue weighted by atomic mass is 9.90. The predicted octanol–water partition coefficient (Wildman–Crippen LogP) is 1.54. The highest BCUT2D eigenvalue weighted by molar-refractivity contribution is 5.82. The van der Waals surface area contributed by atoms with Gasteiger partial charge in [0.15, 0.2) is 6.61 Å². The summed E-state index contributed by atoms with van der Waals surface area (Å²) in [5, 5.41) is 10.2. The van der Waals surface area contributed by atoms with Gasteiger partial charge in [0, 0.05) is 26.2 Å². The molecule has 0 bridgehead atoms. The Labute approximate surface area is 188 Å². The summed E-state index contributed by atoms with van der Waals surface area (Å²) in [6.07, 6.45) is 3.27. The Balaban J connectivity index is 1.53. The third kappa shape index (κ3) is 6.43. The summed E-state index contributed by atoms with van der Waals surface area (Å²) in [4.78, 5) is 39.5. The van der Waals surface area contributed by atoms with Gasteiger partial charge in [-0.25, -0.2) is 5.06 Å². The van der Waals surface area contributed by atoms with Crippen molar-refractivity contribution in [2.45, 2.75) is 32.7 Å². The first-order valence-corrected chi connectivity index (χ1v) is 11.3. The number of hydroxylamine groups is 2. The molecule has 0 aliphatic carbocycles. The Morgan fingerprint density at radius 1 is 1.28 bits per heavy atom. The second-order valence-corrected chi connectivity index (χ2v) is 8.38. The number of ether oxygens (including phenoxy) is 2. The van der Waals surface area contributed by atoms with Crippen molar-refractivity contribution in [3.8, 4) is 5.75 Å². The molecule has 0 aromatic heterocycles. The second-order valence-electron chi connectivity index (χ2n) is 8.38. The van der Waals surface area contributed by atoms with Crippen LogP contribution >= 0.6 is 0 Å². The molecule has 9 nitrogen and oxygen atoms in total. The second kappa shape index (κ2) is 11.8. The van der Waals surface area contributed by atoms with Crippen molar-refractivity contribution in [2.75, 3.05) is 46.0 Å². The summed E-state index contributed by atoms with van der Waals surface area (Å²) >= 11 is 0. The summed E-state index contributed by atoms with van der Waals surface area (Å²) in [7, 11) is 0. The van der Waals surface area contributed by atoms with Crippen LogP contribution in [0.3, 0.4) is 0 Å². The maximum Gasteiger partial charge on any atom is 0.260 e. The van der Waals surface area contributed by atoms with E-state index in [1.807, 2.05) is 12.1 Å². The summed E-state index contributed by atoms with van der Waals surface area (Å²) < 4.78 is 10.9. The van der Waals surface area contributed by atoms with E-state index in [2.05, 4.69) is 6.92 Å². The molecule has 3 rings (SSSR count). The number of likely N-dealkylation sites (tertiary alicyclic amines) is 1. The fraction of sp³-hybridized carbons (Fsp3) is 0.609. The van der Waals surface area contributed by atoms with Gasteiger partial charge in [-0.15, -0.1) is 0 Å². The summed E-state index contributed by atoms with van der Waals surface area (Å²) in [5.74, 6) is 0.237. The zero-order valence-electron chi connectivity index (χ0n) is 18.6. The number of carbonyl (C=O) groups is 3. The molecule has 9 heteroatoms. The third-order valence-corrected chi connectivity index (χ3v) is 6.11. The average Bonchev–Trinajstić information content (AvgIpc) is 3.11. The molecular formula is C23H33N3O6. The molecule has 2 aliphatic rings. The molecule has 2 unspecified atom stereocenters. The standard InChI is InChI=1S/C23H33N3O6/c1-2-3-4-19-14-25(23(29)21(19)15-26(30)17-27)13-18-5-7-20(8-6-18)32-16-22(28)24-9-11-31-12-10-24/h5-8,17,19,21,30H,2-4,9-16H2,1H3. The number of carbonyl (C=O) groups excluding carboxylic acids is 3. The van der Waals surface area contributed by atoms with Gasteiger partial charge < -0.3 is 19.3 Å². The molecule has 2 heterocycles. The normalized spacial score (nSPS) is 21.0. The van der Waals surface area contributed by atoms with Gasteiger partial charge in [0.25, 0.3) is 5.91 Å². The number of amides is 3. The van der Waals surface area contributed by atoms with Crippen LogP contribution in [0.25, 0.3) is 0 Å². The minimum absolute atomic E-state index is 0.0147. The quantitative estimate of drug-likeness (QED) is 0.314. The van der Waals surface area contributed by atoms with Crippen LogP contribution in [-0.4, -0.2) is 84.3 Å². The molecule has 2 atom stereocenters. The van der Waals surface area contributed by atoms with Crippen LogP contribution in [0.2, 0.25) is 0 Å². The van der Waals surface area contributed by atoms with Gasteiger partial charge in [0.1, 0.15) is 5.75 Å². The summed E-state index contributed by atoms with van der Waals surface area (Å²) in [6, 6.07) is 7.38. The first-order chi connectivity index (χ1) is 15.5. The first-order valence-electron chi connectivity index (χ1n) is 11.3. The molecule has 3 amide bonds. The van der Waals surface area contributed by atoms with Gasteiger partial charge in [-0.2, -0.15) is 0 Å². The van der Waals surface area contributed by atoms with Crippen molar-refractivity contribution in [1.82, 2.24) is 14.9 Å². The van der Waals surface area contributed by atoms with Gasteiger partial charge in [0.2, 0.25) is 12.3 Å². The maximum absolute atomic E-state index is 12.9. The van der Waals surface area contributed by atoms with E-state index in [0.717, 1.165) is 24.8 Å². The van der Waals surface area contributed by atoms with Crippen molar-refractivity contribution in [2.24, 2.45) is 11.8 Å². The molecule has 2 fully saturated rings. The minimum Gasteiger partial charge on any atom is -0.484 e. The van der Waals surface area contributed by atoms with Gasteiger partial charge in [-0.1, -0.05) is 31.9 Å². The van der Waals surface area contributed by atoms with Crippen LogP contribution in [0.1, 0.15) is 31.7 Å². The third-order valence-electron chi connectivity index (χ3n) is 6.11. The van der Waals surface area contributed by atoms with E-state index >= 15 is 0 Å². The summed E-state index contributed by atoms with van der Waals surface area (Å²) in [5.41, 5.74) is 0.955. The molecule has 1 aromatic rings. The van der Waals surface area contributed by atoms with Crippen LogP contribution in [0.15, 0.2) is 24.3 Å². The Bertz CT molecular complexity index is 766. The Morgan fingerprint density at radius 2 is 2.00 bits per heavy atom. The average molecular weight is 448 g/mol. The Morgan fingerprint density at radius 3 is 2.66 bits per heavy atom. The SMILES string of the molecule is CCCCC1CN(Cc2ccc(OCC(=O)N3CCOCC3)cc2)C(=O)C1CN(O)C=O. The molecule has 1 aromatic carbocycles. The predicted molar refractivity (Wildman–Crippen MR) is 116 cm³/mol. The van der Waals surface area contributed by atoms with Gasteiger partial charge >= 0.3 is 0 Å². The minimum atomic E-state index is -0.384. The molecule has 0 radical (unpaired) electrons. The number of unbranched alkanes of at least 4 members (excludes halogenated alkanes) is 1. The van der Waals surface area contributed by atoms with Crippen LogP contribution in [0.5, 0.6) is 5.75 Å². The smallest absolute Gasteiger partial charge is 0.260 e. The lowest BCUT2D eigenvalue weighted by molar-refractivity contribution is -0.155. The molecule has 32 heavy (non-hydrogen) atoms. The molecule has 0 spiro atoms. The number of morpholine rings is 1. The van der Waals surface area contributed by atoms with Crippen LogP contribution in [-0.2, 0) is 25.7 Å². The molecule has 2 saturated heterocycles. The number of nitrogens with zero attached hydrogens (tertiary/aromatic N) is 3. The Kier molecular flexibility index (Phi) is 8.87. The van der Waals surface area contributed by atoms with E-state index in [1.54, 1.807) is 21.9 Å². The zero-order chi connectivity index (χ0) is 22.9. The van der Waals surface area contributed by atoms with Crippen molar-refractivity contribution < 1.29 is 29.1 Å². The van der Waals surface area contributed by atoms with E-state index in [4.69, 9.17) is 9.47 Å². The van der Waals surface area contributed by atoms with E-state index in [0.29, 0.717) is 56.6 Å². The number of rotatable bonds is 11. The van der Waals surface area contributed by atoms with E-state index in [9.17, 15) is 19.6 Å². The van der Waals surface area contributed by atoms with Gasteiger partial charge in [-0.3, -0.25) is 19.6 Å². The Hall–Kier alpha value is -2.65. The highest BCUT2D eigenvalue weighted by atomic mass is 16.5. The largest absolute Gasteiger partial charge is 0.484 e. The van der Waals surface area contributed by atoms with E-state index in [1.165, 1.54) is 0 Å². The lowest BCUT2D eigenvalue weighted by Gasteiger charge is -2.26. The lowest BCUT2D eigenvalue weighted by Crippen LogP contribution is -2.42. The molecule has 0 saturated carbocycles. The summed E-state index contributed by atoms with van der Waals surface area (Å²) in [6.45, 7) is 5.47. The van der Waals surface area contributed by atoms with Crippen molar-refractivity contribution in [3.05, 3.63) is 29.8 Å². The number of hydrogen-bond acceptors (Lipinski definition) is 6. The molecule has 2 aliphatic heterocycles. The van der Waals surface area contributed by atoms with E-state index in [-0.39, 0.29) is 36.8 Å². The maximum atomic E-state index is 12.9. The van der Waals surface area contributed by atoms with Crippen molar-refractivity contribution >= 4 is 18.2 Å². The van der Waals surface area contributed by atoms with Crippen molar-refractivity contribution in [1.29, 1.82) is 0 Å². The van der Waals surface area contributed by atoms with Crippen LogP contribution in [0.4, 0.5) is 0 Å². The fourth-order valence-electron chi connectivity index (χ4n) is 4.27. The molecular weight excluding hydrogens is 414 g/mol. The monoisotopic (exact) mass is 447 g/mol. The van der Waals surface area contributed by atoms with Gasteiger partial charge in [-0.05, 0) is 30.0 Å². The number of hydrogen-bond donors (Lipinski definition) is 1.